The quantitative estimate of drug-likeness (QED) is 0.745. The predicted octanol–water partition coefficient (Wildman–Crippen LogP) is 3.90. The highest BCUT2D eigenvalue weighted by atomic mass is 35.5. The second kappa shape index (κ2) is 5.26. The van der Waals surface area contributed by atoms with Crippen LogP contribution in [0.4, 0.5) is 5.69 Å². The highest BCUT2D eigenvalue weighted by molar-refractivity contribution is 8.00. The van der Waals surface area contributed by atoms with Crippen LogP contribution >= 0.6 is 23.5 Å². The lowest BCUT2D eigenvalue weighted by molar-refractivity contribution is 0.527. The van der Waals surface area contributed by atoms with E-state index in [1.165, 1.54) is 16.5 Å². The van der Waals surface area contributed by atoms with Crippen LogP contribution in [0, 0.1) is 0 Å². The Hall–Kier alpha value is -1.85. The van der Waals surface area contributed by atoms with E-state index in [0.717, 1.165) is 16.1 Å². The number of aryl methyl sites for hydroxylation is 1. The van der Waals surface area contributed by atoms with Crippen molar-refractivity contribution < 1.29 is 4.42 Å². The third-order valence-corrected chi connectivity index (χ3v) is 3.94. The minimum absolute atomic E-state index is 0.357. The van der Waals surface area contributed by atoms with Crippen LogP contribution in [-0.2, 0) is 7.05 Å². The monoisotopic (exact) mass is 306 g/mol. The maximum atomic E-state index is 11.4. The van der Waals surface area contributed by atoms with Crippen molar-refractivity contribution in [2.24, 2.45) is 7.05 Å². The molecule has 2 aromatic carbocycles. The molecule has 102 valence electrons. The Labute approximate surface area is 124 Å². The number of benzene rings is 2. The molecule has 0 aliphatic heterocycles. The van der Waals surface area contributed by atoms with Gasteiger partial charge >= 0.3 is 5.76 Å². The summed E-state index contributed by atoms with van der Waals surface area (Å²) in [6.45, 7) is 0. The van der Waals surface area contributed by atoms with Gasteiger partial charge in [0.15, 0.2) is 5.58 Å². The van der Waals surface area contributed by atoms with Gasteiger partial charge in [-0.05, 0) is 48.3 Å². The molecule has 0 spiro atoms. The number of oxazole rings is 1. The number of rotatable bonds is 3. The molecular formula is C14H11ClN2O2S. The summed E-state index contributed by atoms with van der Waals surface area (Å²) in [6, 6.07) is 13.1. The zero-order valence-corrected chi connectivity index (χ0v) is 12.2. The number of anilines is 1. The summed E-state index contributed by atoms with van der Waals surface area (Å²) in [5.41, 5.74) is 2.27. The van der Waals surface area contributed by atoms with E-state index >= 15 is 0 Å². The van der Waals surface area contributed by atoms with E-state index in [0.29, 0.717) is 10.6 Å². The van der Waals surface area contributed by atoms with Crippen LogP contribution in [0.2, 0.25) is 5.02 Å². The molecule has 0 saturated heterocycles. The van der Waals surface area contributed by atoms with E-state index in [1.807, 2.05) is 42.5 Å². The van der Waals surface area contributed by atoms with Gasteiger partial charge in [0, 0.05) is 22.7 Å². The molecule has 0 aliphatic carbocycles. The van der Waals surface area contributed by atoms with Crippen molar-refractivity contribution in [1.82, 2.24) is 4.57 Å². The van der Waals surface area contributed by atoms with E-state index in [-0.39, 0.29) is 5.76 Å². The van der Waals surface area contributed by atoms with Crippen molar-refractivity contribution in [2.75, 3.05) is 4.72 Å². The van der Waals surface area contributed by atoms with Crippen LogP contribution in [0.1, 0.15) is 0 Å². The molecule has 1 aromatic heterocycles. The van der Waals surface area contributed by atoms with Crippen molar-refractivity contribution in [3.05, 3.63) is 58.0 Å². The van der Waals surface area contributed by atoms with Gasteiger partial charge < -0.3 is 9.14 Å². The van der Waals surface area contributed by atoms with Crippen LogP contribution in [0.3, 0.4) is 0 Å². The van der Waals surface area contributed by atoms with Crippen LogP contribution in [0.15, 0.2) is 56.6 Å². The molecule has 0 unspecified atom stereocenters. The predicted molar refractivity (Wildman–Crippen MR) is 82.4 cm³/mol. The highest BCUT2D eigenvalue weighted by Gasteiger charge is 2.06. The van der Waals surface area contributed by atoms with E-state index in [9.17, 15) is 4.79 Å². The van der Waals surface area contributed by atoms with E-state index in [1.54, 1.807) is 7.05 Å². The van der Waals surface area contributed by atoms with Gasteiger partial charge in [-0.3, -0.25) is 4.57 Å². The standard InChI is InChI=1S/C14H11ClN2O2S/c1-17-12-6-5-11(8-13(12)19-14(17)18)20-16-10-4-2-3-9(15)7-10/h2-8,16H,1H3. The lowest BCUT2D eigenvalue weighted by Gasteiger charge is -2.05. The fraction of sp³-hybridized carbons (Fsp3) is 0.0714. The minimum atomic E-state index is -0.357. The Morgan fingerprint density at radius 3 is 2.90 bits per heavy atom. The average molecular weight is 307 g/mol. The number of nitrogens with zero attached hydrogens (tertiary/aromatic N) is 1. The third kappa shape index (κ3) is 2.55. The van der Waals surface area contributed by atoms with Gasteiger partial charge in [-0.1, -0.05) is 17.7 Å². The SMILES string of the molecule is Cn1c(=O)oc2cc(SNc3cccc(Cl)c3)ccc21. The second-order valence-corrected chi connectivity index (χ2v) is 5.59. The normalized spacial score (nSPS) is 10.9. The van der Waals surface area contributed by atoms with Crippen molar-refractivity contribution in [1.29, 1.82) is 0 Å². The summed E-state index contributed by atoms with van der Waals surface area (Å²) < 4.78 is 9.83. The molecule has 20 heavy (non-hydrogen) atoms. The molecule has 0 atom stereocenters. The Bertz CT molecular complexity index is 825. The third-order valence-electron chi connectivity index (χ3n) is 2.88. The topological polar surface area (TPSA) is 47.2 Å². The van der Waals surface area contributed by atoms with Crippen LogP contribution in [0.5, 0.6) is 0 Å². The summed E-state index contributed by atoms with van der Waals surface area (Å²) in [5.74, 6) is -0.357. The first kappa shape index (κ1) is 13.1. The van der Waals surface area contributed by atoms with E-state index in [2.05, 4.69) is 4.72 Å². The Balaban J connectivity index is 1.83. The van der Waals surface area contributed by atoms with Gasteiger partial charge in [-0.25, -0.2) is 4.79 Å². The molecular weight excluding hydrogens is 296 g/mol. The molecule has 0 aliphatic rings. The number of fused-ring (bicyclic) bond motifs is 1. The van der Waals surface area contributed by atoms with E-state index in [4.69, 9.17) is 16.0 Å². The summed E-state index contributed by atoms with van der Waals surface area (Å²) >= 11 is 7.36. The molecule has 3 rings (SSSR count). The van der Waals surface area contributed by atoms with Gasteiger partial charge in [0.25, 0.3) is 0 Å². The molecule has 0 saturated carbocycles. The van der Waals surface area contributed by atoms with Crippen LogP contribution in [0.25, 0.3) is 11.1 Å². The van der Waals surface area contributed by atoms with Crippen LogP contribution < -0.4 is 10.5 Å². The van der Waals surface area contributed by atoms with Crippen molar-refractivity contribution in [2.45, 2.75) is 4.90 Å². The molecule has 0 radical (unpaired) electrons. The fourth-order valence-electron chi connectivity index (χ4n) is 1.85. The summed E-state index contributed by atoms with van der Waals surface area (Å²) in [7, 11) is 1.69. The molecule has 1 heterocycles. The maximum absolute atomic E-state index is 11.4. The van der Waals surface area contributed by atoms with Gasteiger partial charge in [0.2, 0.25) is 0 Å². The van der Waals surface area contributed by atoms with Gasteiger partial charge in [-0.15, -0.1) is 0 Å². The first-order valence-electron chi connectivity index (χ1n) is 5.91. The highest BCUT2D eigenvalue weighted by Crippen LogP contribution is 2.25. The Morgan fingerprint density at radius 1 is 1.25 bits per heavy atom. The molecule has 4 nitrogen and oxygen atoms in total. The van der Waals surface area contributed by atoms with Crippen LogP contribution in [-0.4, -0.2) is 4.57 Å². The number of halogens is 1. The van der Waals surface area contributed by atoms with Gasteiger partial charge in [0.1, 0.15) is 0 Å². The van der Waals surface area contributed by atoms with Crippen molar-refractivity contribution >= 4 is 40.3 Å². The number of nitrogens with one attached hydrogen (secondary N) is 1. The Kier molecular flexibility index (Phi) is 3.46. The Morgan fingerprint density at radius 2 is 2.10 bits per heavy atom. The fourth-order valence-corrected chi connectivity index (χ4v) is 2.70. The first-order chi connectivity index (χ1) is 9.63. The maximum Gasteiger partial charge on any atom is 0.419 e. The zero-order valence-electron chi connectivity index (χ0n) is 10.6. The second-order valence-electron chi connectivity index (χ2n) is 4.27. The number of hydrogen-bond donors (Lipinski definition) is 1. The molecule has 0 amide bonds. The molecule has 0 bridgehead atoms. The smallest absolute Gasteiger partial charge is 0.408 e. The van der Waals surface area contributed by atoms with Crippen molar-refractivity contribution in [3.63, 3.8) is 0 Å². The summed E-state index contributed by atoms with van der Waals surface area (Å²) in [5, 5.41) is 0.681. The number of aromatic nitrogens is 1. The average Bonchev–Trinajstić information content (AvgIpc) is 2.72. The summed E-state index contributed by atoms with van der Waals surface area (Å²) in [4.78, 5) is 12.4. The minimum Gasteiger partial charge on any atom is -0.408 e. The largest absolute Gasteiger partial charge is 0.419 e. The van der Waals surface area contributed by atoms with Crippen molar-refractivity contribution in [3.8, 4) is 0 Å². The molecule has 3 aromatic rings. The molecule has 0 fully saturated rings. The first-order valence-corrected chi connectivity index (χ1v) is 7.11. The summed E-state index contributed by atoms with van der Waals surface area (Å²) in [6.07, 6.45) is 0. The molecule has 6 heteroatoms. The lowest BCUT2D eigenvalue weighted by Crippen LogP contribution is -2.08. The zero-order chi connectivity index (χ0) is 14.1. The number of hydrogen-bond acceptors (Lipinski definition) is 4. The van der Waals surface area contributed by atoms with E-state index < -0.39 is 0 Å². The lowest BCUT2D eigenvalue weighted by atomic mass is 10.3. The van der Waals surface area contributed by atoms with Gasteiger partial charge in [-0.2, -0.15) is 0 Å². The molecule has 1 N–H and O–H groups in total. The van der Waals surface area contributed by atoms with Gasteiger partial charge in [0.05, 0.1) is 5.52 Å².